The highest BCUT2D eigenvalue weighted by molar-refractivity contribution is 7.25. The van der Waals surface area contributed by atoms with E-state index in [0.717, 1.165) is 41.1 Å². The van der Waals surface area contributed by atoms with Crippen LogP contribution in [-0.4, -0.2) is 46.4 Å². The molecule has 5 heterocycles. The summed E-state index contributed by atoms with van der Waals surface area (Å²) in [4.78, 5) is 26.4. The number of ether oxygens (including phenoxy) is 2. The van der Waals surface area contributed by atoms with Gasteiger partial charge in [0, 0.05) is 35.5 Å². The Morgan fingerprint density at radius 2 is 1.94 bits per heavy atom. The van der Waals surface area contributed by atoms with Crippen molar-refractivity contribution < 1.29 is 9.47 Å². The summed E-state index contributed by atoms with van der Waals surface area (Å²) in [5.74, 6) is 0.925. The zero-order valence-electron chi connectivity index (χ0n) is 18.7. The normalized spacial score (nSPS) is 17.9. The molecule has 0 radical (unpaired) electrons. The first-order valence-corrected chi connectivity index (χ1v) is 12.7. The number of fused-ring (bicyclic) bond motifs is 5. The summed E-state index contributed by atoms with van der Waals surface area (Å²) < 4.78 is 13.8. The number of anilines is 1. The van der Waals surface area contributed by atoms with Gasteiger partial charge in [-0.1, -0.05) is 23.2 Å². The van der Waals surface area contributed by atoms with E-state index in [9.17, 15) is 4.79 Å². The molecule has 34 heavy (non-hydrogen) atoms. The third kappa shape index (κ3) is 3.60. The summed E-state index contributed by atoms with van der Waals surface area (Å²) in [6.07, 6.45) is 2.26. The lowest BCUT2D eigenvalue weighted by atomic mass is 9.90. The number of halogens is 2. The van der Waals surface area contributed by atoms with Crippen molar-refractivity contribution in [1.82, 2.24) is 14.5 Å². The van der Waals surface area contributed by atoms with Gasteiger partial charge >= 0.3 is 0 Å². The van der Waals surface area contributed by atoms with Crippen LogP contribution >= 0.6 is 34.5 Å². The van der Waals surface area contributed by atoms with E-state index in [-0.39, 0.29) is 11.2 Å². The number of hydrogen-bond acceptors (Lipinski definition) is 7. The third-order valence-electron chi connectivity index (χ3n) is 6.41. The topological polar surface area (TPSA) is 69.5 Å². The fourth-order valence-electron chi connectivity index (χ4n) is 4.73. The molecular formula is C24H22Cl2N4O3S. The van der Waals surface area contributed by atoms with E-state index in [4.69, 9.17) is 42.6 Å². The summed E-state index contributed by atoms with van der Waals surface area (Å²) in [5.41, 5.74) is 2.99. The van der Waals surface area contributed by atoms with E-state index in [0.29, 0.717) is 45.8 Å². The quantitative estimate of drug-likeness (QED) is 0.373. The first-order valence-electron chi connectivity index (χ1n) is 11.1. The Balaban J connectivity index is 1.61. The second-order valence-electron chi connectivity index (χ2n) is 9.19. The summed E-state index contributed by atoms with van der Waals surface area (Å²) in [6, 6.07) is 5.05. The number of thiophene rings is 1. The predicted molar refractivity (Wildman–Crippen MR) is 136 cm³/mol. The van der Waals surface area contributed by atoms with E-state index in [1.165, 1.54) is 21.5 Å². The molecule has 10 heteroatoms. The molecule has 7 nitrogen and oxygen atoms in total. The number of pyridine rings is 1. The zero-order chi connectivity index (χ0) is 23.6. The number of nitrogens with zero attached hydrogens (tertiary/aromatic N) is 4. The van der Waals surface area contributed by atoms with Crippen LogP contribution in [0.25, 0.3) is 26.1 Å². The molecule has 3 aromatic heterocycles. The van der Waals surface area contributed by atoms with Gasteiger partial charge in [-0.15, -0.1) is 11.3 Å². The summed E-state index contributed by atoms with van der Waals surface area (Å²) in [5, 5.41) is 1.85. The van der Waals surface area contributed by atoms with Gasteiger partial charge in [-0.3, -0.25) is 9.36 Å². The maximum atomic E-state index is 13.6. The summed E-state index contributed by atoms with van der Waals surface area (Å²) in [7, 11) is 0. The molecular weight excluding hydrogens is 495 g/mol. The molecule has 1 saturated heterocycles. The van der Waals surface area contributed by atoms with Gasteiger partial charge in [0.15, 0.2) is 0 Å². The van der Waals surface area contributed by atoms with Crippen LogP contribution in [0.15, 0.2) is 29.3 Å². The van der Waals surface area contributed by atoms with Gasteiger partial charge in [0.05, 0.1) is 41.6 Å². The molecule has 1 fully saturated rings. The average molecular weight is 517 g/mol. The molecule has 0 N–H and O–H groups in total. The predicted octanol–water partition coefficient (Wildman–Crippen LogP) is 4.99. The number of rotatable bonds is 2. The largest absolute Gasteiger partial charge is 0.378 e. The minimum atomic E-state index is -0.316. The van der Waals surface area contributed by atoms with E-state index in [1.54, 1.807) is 24.5 Å². The molecule has 0 saturated carbocycles. The fourth-order valence-corrected chi connectivity index (χ4v) is 6.32. The molecule has 2 aliphatic rings. The van der Waals surface area contributed by atoms with Crippen LogP contribution in [0.1, 0.15) is 25.0 Å². The van der Waals surface area contributed by atoms with Crippen molar-refractivity contribution in [2.45, 2.75) is 32.5 Å². The third-order valence-corrected chi connectivity index (χ3v) is 8.01. The Bertz CT molecular complexity index is 1510. The van der Waals surface area contributed by atoms with Crippen molar-refractivity contribution in [1.29, 1.82) is 0 Å². The Morgan fingerprint density at radius 3 is 2.71 bits per heavy atom. The van der Waals surface area contributed by atoms with Crippen molar-refractivity contribution in [2.75, 3.05) is 31.2 Å². The highest BCUT2D eigenvalue weighted by Gasteiger charge is 2.33. The molecule has 0 aliphatic carbocycles. The van der Waals surface area contributed by atoms with Crippen LogP contribution in [0.4, 0.5) is 5.82 Å². The Hall–Kier alpha value is -2.23. The molecule has 0 bridgehead atoms. The second-order valence-corrected chi connectivity index (χ2v) is 11.0. The van der Waals surface area contributed by atoms with Crippen LogP contribution in [0.3, 0.4) is 0 Å². The zero-order valence-corrected chi connectivity index (χ0v) is 21.1. The molecule has 1 aromatic carbocycles. The fraction of sp³-hybridized carbons (Fsp3) is 0.375. The number of benzene rings is 1. The molecule has 2 aliphatic heterocycles. The number of morpholine rings is 1. The summed E-state index contributed by atoms with van der Waals surface area (Å²) >= 11 is 13.8. The highest BCUT2D eigenvalue weighted by atomic mass is 35.5. The molecule has 0 spiro atoms. The maximum Gasteiger partial charge on any atom is 0.276 e. The Labute approximate surface area is 209 Å². The Kier molecular flexibility index (Phi) is 5.35. The molecule has 176 valence electrons. The van der Waals surface area contributed by atoms with Gasteiger partial charge in [0.25, 0.3) is 5.56 Å². The van der Waals surface area contributed by atoms with Gasteiger partial charge in [-0.25, -0.2) is 9.97 Å². The van der Waals surface area contributed by atoms with Gasteiger partial charge < -0.3 is 14.4 Å². The smallest absolute Gasteiger partial charge is 0.276 e. The number of hydrogen-bond donors (Lipinski definition) is 0. The lowest BCUT2D eigenvalue weighted by Gasteiger charge is -2.36. The molecule has 0 amide bonds. The number of aromatic nitrogens is 3. The minimum Gasteiger partial charge on any atom is -0.378 e. The lowest BCUT2D eigenvalue weighted by Crippen LogP contribution is -2.39. The molecule has 0 unspecified atom stereocenters. The van der Waals surface area contributed by atoms with Crippen molar-refractivity contribution in [3.05, 3.63) is 56.1 Å². The maximum absolute atomic E-state index is 13.6. The van der Waals surface area contributed by atoms with E-state index >= 15 is 0 Å². The molecule has 6 rings (SSSR count). The Morgan fingerprint density at radius 1 is 1.15 bits per heavy atom. The molecule has 4 aromatic rings. The average Bonchev–Trinajstić information content (AvgIpc) is 3.19. The highest BCUT2D eigenvalue weighted by Crippen LogP contribution is 2.42. The van der Waals surface area contributed by atoms with Crippen molar-refractivity contribution in [2.24, 2.45) is 0 Å². The van der Waals surface area contributed by atoms with Gasteiger partial charge in [0.2, 0.25) is 0 Å². The van der Waals surface area contributed by atoms with Gasteiger partial charge in [0.1, 0.15) is 21.7 Å². The van der Waals surface area contributed by atoms with Crippen molar-refractivity contribution >= 4 is 60.8 Å². The van der Waals surface area contributed by atoms with Crippen molar-refractivity contribution in [3.63, 3.8) is 0 Å². The van der Waals surface area contributed by atoms with Crippen LogP contribution in [0, 0.1) is 0 Å². The molecule has 0 atom stereocenters. The lowest BCUT2D eigenvalue weighted by molar-refractivity contribution is -0.0396. The standard InChI is InChI=1S/C24H22Cl2N4O3S/c1-24(2)10-14-15(11-33-24)21(29-5-7-32-8-6-29)28-22-18(14)19-20(34-22)23(31)30(12-27-19)17-4-3-13(25)9-16(17)26/h3-4,9,12H,5-8,10-11H2,1-2H3. The van der Waals surface area contributed by atoms with E-state index in [2.05, 4.69) is 18.7 Å². The van der Waals surface area contributed by atoms with Crippen LogP contribution in [-0.2, 0) is 22.5 Å². The first-order chi connectivity index (χ1) is 16.3. The first kappa shape index (κ1) is 22.2. The van der Waals surface area contributed by atoms with E-state index in [1.807, 2.05) is 0 Å². The van der Waals surface area contributed by atoms with Crippen LogP contribution in [0.2, 0.25) is 10.0 Å². The van der Waals surface area contributed by atoms with Gasteiger partial charge in [-0.2, -0.15) is 0 Å². The van der Waals surface area contributed by atoms with Crippen LogP contribution < -0.4 is 10.5 Å². The van der Waals surface area contributed by atoms with Crippen molar-refractivity contribution in [3.8, 4) is 5.69 Å². The monoisotopic (exact) mass is 516 g/mol. The summed E-state index contributed by atoms with van der Waals surface area (Å²) in [6.45, 7) is 7.55. The SMILES string of the molecule is CC1(C)Cc2c(c(N3CCOCC3)nc3sc4c(=O)n(-c5ccc(Cl)cc5Cl)cnc4c23)CO1. The van der Waals surface area contributed by atoms with Crippen LogP contribution in [0.5, 0.6) is 0 Å². The minimum absolute atomic E-state index is 0.176. The van der Waals surface area contributed by atoms with E-state index < -0.39 is 0 Å². The van der Waals surface area contributed by atoms with Gasteiger partial charge in [-0.05, 0) is 37.6 Å². The second kappa shape index (κ2) is 8.17.